The fourth-order valence-electron chi connectivity index (χ4n) is 3.45. The van der Waals surface area contributed by atoms with E-state index in [1.807, 2.05) is 4.90 Å². The van der Waals surface area contributed by atoms with Gasteiger partial charge in [-0.2, -0.15) is 0 Å². The van der Waals surface area contributed by atoms with Crippen molar-refractivity contribution < 1.29 is 17.9 Å². The highest BCUT2D eigenvalue weighted by Gasteiger charge is 2.33. The van der Waals surface area contributed by atoms with Crippen molar-refractivity contribution in [2.45, 2.75) is 19.0 Å². The predicted molar refractivity (Wildman–Crippen MR) is 80.4 cm³/mol. The lowest BCUT2D eigenvalue weighted by Gasteiger charge is -2.28. The van der Waals surface area contributed by atoms with Gasteiger partial charge in [-0.25, -0.2) is 13.2 Å². The van der Waals surface area contributed by atoms with Gasteiger partial charge >= 0.3 is 0 Å². The van der Waals surface area contributed by atoms with Crippen LogP contribution < -0.4 is 5.73 Å². The quantitative estimate of drug-likeness (QED) is 0.834. The monoisotopic (exact) mass is 329 g/mol. The van der Waals surface area contributed by atoms with E-state index in [-0.39, 0.29) is 24.7 Å². The Kier molecular flexibility index (Phi) is 5.21. The second-order valence-electron chi connectivity index (χ2n) is 6.08. The van der Waals surface area contributed by atoms with Crippen molar-refractivity contribution in [1.82, 2.24) is 9.80 Å². The maximum atomic E-state index is 14.0. The lowest BCUT2D eigenvalue weighted by atomic mass is 10.0. The van der Waals surface area contributed by atoms with Gasteiger partial charge in [0.05, 0.1) is 13.2 Å². The average molecular weight is 329 g/mol. The first-order valence-electron chi connectivity index (χ1n) is 8.02. The fourth-order valence-corrected chi connectivity index (χ4v) is 3.45. The van der Waals surface area contributed by atoms with E-state index in [0.29, 0.717) is 5.56 Å². The van der Waals surface area contributed by atoms with Crippen molar-refractivity contribution in [2.24, 2.45) is 5.73 Å². The second kappa shape index (κ2) is 7.17. The van der Waals surface area contributed by atoms with E-state index in [0.717, 1.165) is 51.9 Å². The molecule has 1 atom stereocenters. The molecular formula is C16H22F3N3O. The first-order chi connectivity index (χ1) is 11.1. The standard InChI is InChI=1S/C16H22F3N3O/c17-13-8-11-12(15(18)16(13)19)10-22(14(11)9-20)3-1-2-21-4-6-23-7-5-21/h8,14H,1-7,9-10,20H2. The molecular weight excluding hydrogens is 307 g/mol. The number of morpholine rings is 1. The molecule has 0 amide bonds. The number of hydrogen-bond donors (Lipinski definition) is 1. The first kappa shape index (κ1) is 16.7. The Labute approximate surface area is 134 Å². The Hall–Kier alpha value is -1.15. The van der Waals surface area contributed by atoms with Crippen LogP contribution in [0.25, 0.3) is 0 Å². The fraction of sp³-hybridized carbons (Fsp3) is 0.625. The van der Waals surface area contributed by atoms with Crippen molar-refractivity contribution in [3.63, 3.8) is 0 Å². The van der Waals surface area contributed by atoms with Crippen LogP contribution in [0.3, 0.4) is 0 Å². The molecule has 0 spiro atoms. The highest BCUT2D eigenvalue weighted by atomic mass is 19.2. The molecule has 4 nitrogen and oxygen atoms in total. The molecule has 7 heteroatoms. The second-order valence-corrected chi connectivity index (χ2v) is 6.08. The number of nitrogens with two attached hydrogens (primary N) is 1. The van der Waals surface area contributed by atoms with Gasteiger partial charge in [0.2, 0.25) is 0 Å². The molecule has 128 valence electrons. The molecule has 0 aromatic heterocycles. The summed E-state index contributed by atoms with van der Waals surface area (Å²) in [5.74, 6) is -3.61. The van der Waals surface area contributed by atoms with Crippen LogP contribution in [0.4, 0.5) is 13.2 Å². The van der Waals surface area contributed by atoms with Gasteiger partial charge in [0.15, 0.2) is 17.5 Å². The van der Waals surface area contributed by atoms with Crippen LogP contribution in [0.15, 0.2) is 6.07 Å². The molecule has 23 heavy (non-hydrogen) atoms. The van der Waals surface area contributed by atoms with E-state index < -0.39 is 17.5 Å². The summed E-state index contributed by atoms with van der Waals surface area (Å²) < 4.78 is 46.2. The van der Waals surface area contributed by atoms with Crippen LogP contribution >= 0.6 is 0 Å². The summed E-state index contributed by atoms with van der Waals surface area (Å²) in [5, 5.41) is 0. The molecule has 1 unspecified atom stereocenters. The zero-order valence-corrected chi connectivity index (χ0v) is 13.0. The minimum absolute atomic E-state index is 0.241. The maximum absolute atomic E-state index is 14.0. The third-order valence-electron chi connectivity index (χ3n) is 4.71. The zero-order valence-electron chi connectivity index (χ0n) is 13.0. The molecule has 0 saturated carbocycles. The molecule has 0 bridgehead atoms. The van der Waals surface area contributed by atoms with E-state index in [4.69, 9.17) is 10.5 Å². The average Bonchev–Trinajstić information content (AvgIpc) is 2.91. The van der Waals surface area contributed by atoms with Gasteiger partial charge in [-0.1, -0.05) is 0 Å². The first-order valence-corrected chi connectivity index (χ1v) is 8.02. The summed E-state index contributed by atoms with van der Waals surface area (Å²) in [4.78, 5) is 4.33. The Bertz CT molecular complexity index is 564. The van der Waals surface area contributed by atoms with E-state index in [1.165, 1.54) is 0 Å². The van der Waals surface area contributed by atoms with Gasteiger partial charge in [0, 0.05) is 44.3 Å². The van der Waals surface area contributed by atoms with Crippen molar-refractivity contribution in [2.75, 3.05) is 45.9 Å². The molecule has 2 N–H and O–H groups in total. The van der Waals surface area contributed by atoms with Gasteiger partial charge < -0.3 is 10.5 Å². The van der Waals surface area contributed by atoms with Crippen LogP contribution in [-0.2, 0) is 11.3 Å². The molecule has 2 heterocycles. The molecule has 2 aliphatic heterocycles. The minimum Gasteiger partial charge on any atom is -0.379 e. The summed E-state index contributed by atoms with van der Waals surface area (Å²) in [6, 6.07) is 0.840. The maximum Gasteiger partial charge on any atom is 0.194 e. The zero-order chi connectivity index (χ0) is 16.4. The van der Waals surface area contributed by atoms with E-state index >= 15 is 0 Å². The number of rotatable bonds is 5. The number of hydrogen-bond acceptors (Lipinski definition) is 4. The third kappa shape index (κ3) is 3.38. The Morgan fingerprint density at radius 2 is 1.87 bits per heavy atom. The van der Waals surface area contributed by atoms with Crippen molar-refractivity contribution >= 4 is 0 Å². The summed E-state index contributed by atoms with van der Waals surface area (Å²) >= 11 is 0. The largest absolute Gasteiger partial charge is 0.379 e. The smallest absolute Gasteiger partial charge is 0.194 e. The van der Waals surface area contributed by atoms with Crippen molar-refractivity contribution in [3.05, 3.63) is 34.6 Å². The molecule has 1 aromatic rings. The highest BCUT2D eigenvalue weighted by molar-refractivity contribution is 5.37. The molecule has 1 fully saturated rings. The Morgan fingerprint density at radius 3 is 2.57 bits per heavy atom. The molecule has 2 aliphatic rings. The number of fused-ring (bicyclic) bond motifs is 1. The van der Waals surface area contributed by atoms with Gasteiger partial charge in [-0.05, 0) is 24.6 Å². The van der Waals surface area contributed by atoms with Gasteiger partial charge in [-0.3, -0.25) is 9.80 Å². The van der Waals surface area contributed by atoms with Crippen LogP contribution in [-0.4, -0.2) is 55.7 Å². The third-order valence-corrected chi connectivity index (χ3v) is 4.71. The molecule has 1 saturated heterocycles. The predicted octanol–water partition coefficient (Wildman–Crippen LogP) is 1.64. The van der Waals surface area contributed by atoms with Gasteiger partial charge in [-0.15, -0.1) is 0 Å². The van der Waals surface area contributed by atoms with Gasteiger partial charge in [0.25, 0.3) is 0 Å². The van der Waals surface area contributed by atoms with E-state index in [9.17, 15) is 13.2 Å². The highest BCUT2D eigenvalue weighted by Crippen LogP contribution is 2.36. The normalized spacial score (nSPS) is 22.5. The number of nitrogens with zero attached hydrogens (tertiary/aromatic N) is 2. The Balaban J connectivity index is 1.64. The van der Waals surface area contributed by atoms with Crippen LogP contribution in [0.5, 0.6) is 0 Å². The number of halogens is 3. The summed E-state index contributed by atoms with van der Waals surface area (Å²) in [5.41, 5.74) is 6.51. The topological polar surface area (TPSA) is 41.7 Å². The lowest BCUT2D eigenvalue weighted by Crippen LogP contribution is -2.38. The van der Waals surface area contributed by atoms with Crippen molar-refractivity contribution in [3.8, 4) is 0 Å². The van der Waals surface area contributed by atoms with E-state index in [1.54, 1.807) is 0 Å². The number of ether oxygens (including phenoxy) is 1. The molecule has 3 rings (SSSR count). The SMILES string of the molecule is NCC1c2cc(F)c(F)c(F)c2CN1CCCN1CCOCC1. The Morgan fingerprint density at radius 1 is 1.13 bits per heavy atom. The molecule has 0 aliphatic carbocycles. The summed E-state index contributed by atoms with van der Waals surface area (Å²) in [6.45, 7) is 5.54. The van der Waals surface area contributed by atoms with E-state index in [2.05, 4.69) is 4.90 Å². The van der Waals surface area contributed by atoms with Crippen LogP contribution in [0.1, 0.15) is 23.6 Å². The summed E-state index contributed by atoms with van der Waals surface area (Å²) in [7, 11) is 0. The van der Waals surface area contributed by atoms with Gasteiger partial charge in [0.1, 0.15) is 0 Å². The lowest BCUT2D eigenvalue weighted by molar-refractivity contribution is 0.0355. The van der Waals surface area contributed by atoms with Crippen LogP contribution in [0, 0.1) is 17.5 Å². The number of benzene rings is 1. The molecule has 1 aromatic carbocycles. The summed E-state index contributed by atoms with van der Waals surface area (Å²) in [6.07, 6.45) is 0.900. The minimum atomic E-state index is -1.39. The molecule has 0 radical (unpaired) electrons. The van der Waals surface area contributed by atoms with Crippen molar-refractivity contribution in [1.29, 1.82) is 0 Å². The van der Waals surface area contributed by atoms with Crippen LogP contribution in [0.2, 0.25) is 0 Å².